The van der Waals surface area contributed by atoms with Crippen molar-refractivity contribution >= 4 is 34.0 Å². The summed E-state index contributed by atoms with van der Waals surface area (Å²) in [7, 11) is 1.49. The lowest BCUT2D eigenvalue weighted by Crippen LogP contribution is -2.41. The molecule has 0 bridgehead atoms. The maximum absolute atomic E-state index is 15.0. The summed E-state index contributed by atoms with van der Waals surface area (Å²) < 4.78 is 20.2. The molecule has 3 aromatic carbocycles. The molecule has 0 aliphatic heterocycles. The first-order valence-electron chi connectivity index (χ1n) is 15.4. The van der Waals surface area contributed by atoms with Gasteiger partial charge in [-0.05, 0) is 62.6 Å². The van der Waals surface area contributed by atoms with Crippen molar-refractivity contribution < 1.29 is 9.18 Å². The zero-order valence-electron chi connectivity index (χ0n) is 26.4. The number of anilines is 3. The second kappa shape index (κ2) is 11.9. The van der Waals surface area contributed by atoms with Crippen LogP contribution in [0.4, 0.5) is 21.6 Å². The molecule has 48 heavy (non-hydrogen) atoms. The van der Waals surface area contributed by atoms with Crippen molar-refractivity contribution in [2.24, 2.45) is 7.05 Å². The van der Waals surface area contributed by atoms with E-state index in [4.69, 9.17) is 0 Å². The van der Waals surface area contributed by atoms with Gasteiger partial charge in [0.2, 0.25) is 5.91 Å². The molecule has 1 fully saturated rings. The summed E-state index contributed by atoms with van der Waals surface area (Å²) in [6, 6.07) is 20.3. The number of rotatable bonds is 8. The largest absolute Gasteiger partial charge is 0.338 e. The molecule has 3 heterocycles. The number of aryl methyl sites for hydroxylation is 2. The third kappa shape index (κ3) is 5.48. The monoisotopic (exact) mass is 646 g/mol. The number of hydrogen-bond acceptors (Lipinski definition) is 7. The minimum Gasteiger partial charge on any atom is -0.338 e. The molecular weight excluding hydrogens is 615 g/mol. The minimum atomic E-state index is -0.613. The number of pyridine rings is 1. The van der Waals surface area contributed by atoms with Crippen LogP contribution in [-0.2, 0) is 18.4 Å². The molecule has 1 amide bonds. The molecule has 0 atom stereocenters. The number of hydrogen-bond donors (Lipinski definition) is 2. The third-order valence-electron chi connectivity index (χ3n) is 8.43. The van der Waals surface area contributed by atoms with Crippen LogP contribution in [0.5, 0.6) is 0 Å². The van der Waals surface area contributed by atoms with E-state index in [0.717, 1.165) is 5.56 Å². The van der Waals surface area contributed by atoms with Crippen LogP contribution in [0.15, 0.2) is 93.4 Å². The lowest BCUT2D eigenvalue weighted by molar-refractivity contribution is -0.116. The Hall–Kier alpha value is -6.11. The van der Waals surface area contributed by atoms with Crippen molar-refractivity contribution in [3.63, 3.8) is 0 Å². The van der Waals surface area contributed by atoms with Crippen LogP contribution >= 0.6 is 0 Å². The number of aromatic nitrogens is 6. The second-order valence-electron chi connectivity index (χ2n) is 12.0. The molecule has 0 spiro atoms. The summed E-state index contributed by atoms with van der Waals surface area (Å²) in [6.45, 7) is 3.19. The fourth-order valence-corrected chi connectivity index (χ4v) is 5.89. The van der Waals surface area contributed by atoms with E-state index < -0.39 is 22.6 Å². The topological polar surface area (TPSA) is 138 Å². The Bertz CT molecular complexity index is 2420. The number of amides is 1. The highest BCUT2D eigenvalue weighted by molar-refractivity contribution is 5.94. The smallest absolute Gasteiger partial charge is 0.336 e. The van der Waals surface area contributed by atoms with Crippen LogP contribution in [0.1, 0.15) is 30.0 Å². The third-order valence-corrected chi connectivity index (χ3v) is 8.43. The number of nitrogens with zero attached hydrogens (tertiary/aromatic N) is 6. The van der Waals surface area contributed by atoms with E-state index in [0.29, 0.717) is 35.5 Å². The van der Waals surface area contributed by atoms with Crippen molar-refractivity contribution in [3.8, 4) is 16.9 Å². The van der Waals surface area contributed by atoms with Crippen LogP contribution in [0.2, 0.25) is 0 Å². The van der Waals surface area contributed by atoms with E-state index in [1.54, 1.807) is 50.4 Å². The first kappa shape index (κ1) is 30.5. The van der Waals surface area contributed by atoms with Gasteiger partial charge in [0.1, 0.15) is 29.3 Å². The molecule has 12 nitrogen and oxygen atoms in total. The van der Waals surface area contributed by atoms with Gasteiger partial charge in [0.25, 0.3) is 11.1 Å². The fraction of sp³-hybridized carbons (Fsp3) is 0.200. The summed E-state index contributed by atoms with van der Waals surface area (Å²) >= 11 is 0. The quantitative estimate of drug-likeness (QED) is 0.247. The Kier molecular flexibility index (Phi) is 7.58. The molecule has 13 heteroatoms. The molecule has 0 radical (unpaired) electrons. The van der Waals surface area contributed by atoms with Gasteiger partial charge in [0.05, 0.1) is 23.1 Å². The highest BCUT2D eigenvalue weighted by Gasteiger charge is 2.31. The van der Waals surface area contributed by atoms with E-state index in [1.165, 1.54) is 37.6 Å². The van der Waals surface area contributed by atoms with Crippen LogP contribution in [-0.4, -0.2) is 34.6 Å². The van der Waals surface area contributed by atoms with E-state index >= 15 is 4.39 Å². The van der Waals surface area contributed by atoms with Gasteiger partial charge in [0.15, 0.2) is 0 Å². The van der Waals surface area contributed by atoms with Crippen molar-refractivity contribution in [1.29, 1.82) is 0 Å². The predicted octanol–water partition coefficient (Wildman–Crippen LogP) is 4.58. The lowest BCUT2D eigenvalue weighted by atomic mass is 10.1. The second-order valence-corrected chi connectivity index (χ2v) is 12.0. The Labute approximate surface area is 272 Å². The summed E-state index contributed by atoms with van der Waals surface area (Å²) in [5.41, 5.74) is 1.58. The van der Waals surface area contributed by atoms with Gasteiger partial charge in [0, 0.05) is 29.9 Å². The first-order valence-corrected chi connectivity index (χ1v) is 15.4. The van der Waals surface area contributed by atoms with E-state index in [1.807, 2.05) is 30.3 Å². The standard InChI is InChI=1S/C35H31FN8O4/c1-20-12-15-27(26(36)16-20)38-32-30-31(21(2)33(46)41(32)3)43(35(48)44(34(30)47)24-13-14-24)25-11-7-10-23(17-25)37-29(45)19-42-18-28(39-40-42)22-8-5-4-6-9-22/h4-12,15-18,24,38H,13-14,19H2,1-3H3,(H,37,45). The zero-order chi connectivity index (χ0) is 33.7. The normalized spacial score (nSPS) is 12.8. The Morgan fingerprint density at radius 1 is 0.958 bits per heavy atom. The Balaban J connectivity index is 1.31. The average Bonchev–Trinajstić information content (AvgIpc) is 3.79. The van der Waals surface area contributed by atoms with Crippen LogP contribution < -0.4 is 27.4 Å². The summed E-state index contributed by atoms with van der Waals surface area (Å²) in [5.74, 6) is -0.880. The van der Waals surface area contributed by atoms with E-state index in [9.17, 15) is 19.2 Å². The SMILES string of the molecule is Cc1ccc(Nc2c3c(=O)n(C4CC4)c(=O)n(-c4cccc(NC(=O)Cn5cc(-c6ccccc6)nn5)c4)c3c(C)c(=O)n2C)c(F)c1. The first-order chi connectivity index (χ1) is 23.1. The summed E-state index contributed by atoms with van der Waals surface area (Å²) in [4.78, 5) is 54.8. The van der Waals surface area contributed by atoms with Crippen molar-refractivity contribution in [3.05, 3.63) is 127 Å². The molecule has 0 unspecified atom stereocenters. The summed E-state index contributed by atoms with van der Waals surface area (Å²) in [6.07, 6.45) is 2.96. The summed E-state index contributed by atoms with van der Waals surface area (Å²) in [5, 5.41) is 14.1. The molecule has 3 aromatic heterocycles. The molecule has 6 aromatic rings. The number of fused-ring (bicyclic) bond motifs is 1. The number of carbonyl (C=O) groups excluding carboxylic acids is 1. The fourth-order valence-electron chi connectivity index (χ4n) is 5.89. The van der Waals surface area contributed by atoms with Gasteiger partial charge in [-0.25, -0.2) is 13.9 Å². The molecule has 0 saturated heterocycles. The zero-order valence-corrected chi connectivity index (χ0v) is 26.4. The molecule has 242 valence electrons. The van der Waals surface area contributed by atoms with Crippen LogP contribution in [0.25, 0.3) is 27.8 Å². The van der Waals surface area contributed by atoms with Crippen LogP contribution in [0, 0.1) is 19.7 Å². The lowest BCUT2D eigenvalue weighted by Gasteiger charge is -2.21. The maximum atomic E-state index is 15.0. The number of benzene rings is 3. The van der Waals surface area contributed by atoms with E-state index in [-0.39, 0.29) is 46.5 Å². The van der Waals surface area contributed by atoms with Gasteiger partial charge >= 0.3 is 5.69 Å². The highest BCUT2D eigenvalue weighted by Crippen LogP contribution is 2.34. The van der Waals surface area contributed by atoms with Gasteiger partial charge < -0.3 is 10.6 Å². The molecule has 7 rings (SSSR count). The number of nitrogens with one attached hydrogen (secondary N) is 2. The van der Waals surface area contributed by atoms with Crippen molar-refractivity contribution in [2.45, 2.75) is 39.3 Å². The Morgan fingerprint density at radius 2 is 1.73 bits per heavy atom. The van der Waals surface area contributed by atoms with Gasteiger partial charge in [-0.15, -0.1) is 5.10 Å². The minimum absolute atomic E-state index is 0.0589. The highest BCUT2D eigenvalue weighted by atomic mass is 19.1. The molecule has 1 saturated carbocycles. The van der Waals surface area contributed by atoms with Crippen molar-refractivity contribution in [2.75, 3.05) is 10.6 Å². The maximum Gasteiger partial charge on any atom is 0.336 e. The molecular formula is C35H31FN8O4. The number of halogens is 1. The van der Waals surface area contributed by atoms with Crippen molar-refractivity contribution in [1.82, 2.24) is 28.7 Å². The molecule has 1 aliphatic carbocycles. The Morgan fingerprint density at radius 3 is 2.46 bits per heavy atom. The number of carbonyl (C=O) groups is 1. The van der Waals surface area contributed by atoms with E-state index in [2.05, 4.69) is 20.9 Å². The average molecular weight is 647 g/mol. The van der Waals surface area contributed by atoms with Gasteiger partial charge in [-0.3, -0.25) is 28.1 Å². The predicted molar refractivity (Wildman–Crippen MR) is 181 cm³/mol. The van der Waals surface area contributed by atoms with Gasteiger partial charge in [-0.1, -0.05) is 47.7 Å². The molecule has 1 aliphatic rings. The van der Waals surface area contributed by atoms with Crippen LogP contribution in [0.3, 0.4) is 0 Å². The molecule has 2 N–H and O–H groups in total. The van der Waals surface area contributed by atoms with Gasteiger partial charge in [-0.2, -0.15) is 0 Å².